The van der Waals surface area contributed by atoms with Gasteiger partial charge in [-0.3, -0.25) is 10.1 Å². The Kier molecular flexibility index (Phi) is 4.47. The standard InChI is InChI=1S/C14H11Cl2NO3/c1-9-12(17(18)19)3-2-4-13(9)20-14-6-5-11(16)7-10(14)8-15/h2-7H,8H2,1H3. The Bertz CT molecular complexity index is 659. The smallest absolute Gasteiger partial charge is 0.276 e. The number of rotatable bonds is 4. The van der Waals surface area contributed by atoms with E-state index in [4.69, 9.17) is 27.9 Å². The third kappa shape index (κ3) is 3.03. The lowest BCUT2D eigenvalue weighted by atomic mass is 10.1. The van der Waals surface area contributed by atoms with E-state index in [0.717, 1.165) is 5.56 Å². The first-order valence-corrected chi connectivity index (χ1v) is 6.70. The van der Waals surface area contributed by atoms with Crippen LogP contribution in [0.15, 0.2) is 36.4 Å². The molecule has 2 aromatic rings. The van der Waals surface area contributed by atoms with Crippen molar-refractivity contribution in [2.24, 2.45) is 0 Å². The number of nitro benzene ring substituents is 1. The summed E-state index contributed by atoms with van der Waals surface area (Å²) < 4.78 is 5.73. The average Bonchev–Trinajstić information content (AvgIpc) is 2.42. The Morgan fingerprint density at radius 3 is 2.65 bits per heavy atom. The summed E-state index contributed by atoms with van der Waals surface area (Å²) in [6, 6.07) is 9.77. The van der Waals surface area contributed by atoms with Crippen molar-refractivity contribution in [3.63, 3.8) is 0 Å². The molecule has 0 aliphatic heterocycles. The Hall–Kier alpha value is -1.78. The summed E-state index contributed by atoms with van der Waals surface area (Å²) in [5, 5.41) is 11.5. The summed E-state index contributed by atoms with van der Waals surface area (Å²) >= 11 is 11.7. The van der Waals surface area contributed by atoms with Gasteiger partial charge in [-0.1, -0.05) is 17.7 Å². The van der Waals surface area contributed by atoms with E-state index < -0.39 is 4.92 Å². The van der Waals surface area contributed by atoms with Crippen molar-refractivity contribution in [1.29, 1.82) is 0 Å². The third-order valence-corrected chi connectivity index (χ3v) is 3.36. The van der Waals surface area contributed by atoms with Gasteiger partial charge in [-0.05, 0) is 31.2 Å². The fraction of sp³-hybridized carbons (Fsp3) is 0.143. The molecule has 0 aromatic heterocycles. The SMILES string of the molecule is Cc1c(Oc2ccc(Cl)cc2CCl)cccc1[N+](=O)[O-]. The van der Waals surface area contributed by atoms with E-state index >= 15 is 0 Å². The van der Waals surface area contributed by atoms with E-state index in [2.05, 4.69) is 0 Å². The van der Waals surface area contributed by atoms with Crippen LogP contribution in [0.3, 0.4) is 0 Å². The van der Waals surface area contributed by atoms with Gasteiger partial charge >= 0.3 is 0 Å². The van der Waals surface area contributed by atoms with Gasteiger partial charge in [0.05, 0.1) is 16.4 Å². The quantitative estimate of drug-likeness (QED) is 0.449. The zero-order valence-corrected chi connectivity index (χ0v) is 12.1. The normalized spacial score (nSPS) is 10.3. The van der Waals surface area contributed by atoms with Gasteiger partial charge in [0, 0.05) is 16.7 Å². The molecule has 0 aliphatic rings. The van der Waals surface area contributed by atoms with Crippen LogP contribution in [0.25, 0.3) is 0 Å². The molecule has 0 saturated heterocycles. The Balaban J connectivity index is 2.40. The number of benzene rings is 2. The first kappa shape index (κ1) is 14.6. The maximum absolute atomic E-state index is 10.9. The molecule has 0 amide bonds. The van der Waals surface area contributed by atoms with E-state index in [1.165, 1.54) is 6.07 Å². The molecule has 0 heterocycles. The fourth-order valence-electron chi connectivity index (χ4n) is 1.78. The largest absolute Gasteiger partial charge is 0.456 e. The van der Waals surface area contributed by atoms with Crippen LogP contribution in [0, 0.1) is 17.0 Å². The summed E-state index contributed by atoms with van der Waals surface area (Å²) in [6.07, 6.45) is 0. The van der Waals surface area contributed by atoms with E-state index in [0.29, 0.717) is 22.1 Å². The van der Waals surface area contributed by atoms with Crippen molar-refractivity contribution in [2.75, 3.05) is 0 Å². The van der Waals surface area contributed by atoms with Gasteiger partial charge in [0.15, 0.2) is 0 Å². The lowest BCUT2D eigenvalue weighted by molar-refractivity contribution is -0.385. The number of ether oxygens (including phenoxy) is 1. The fourth-order valence-corrected chi connectivity index (χ4v) is 2.19. The predicted molar refractivity (Wildman–Crippen MR) is 78.9 cm³/mol. The number of nitro groups is 1. The highest BCUT2D eigenvalue weighted by Crippen LogP contribution is 2.33. The summed E-state index contributed by atoms with van der Waals surface area (Å²) in [6.45, 7) is 1.64. The number of hydrogen-bond acceptors (Lipinski definition) is 3. The minimum Gasteiger partial charge on any atom is -0.456 e. The predicted octanol–water partition coefficient (Wildman–Crippen LogP) is 5.09. The molecule has 0 saturated carbocycles. The van der Waals surface area contributed by atoms with E-state index in [1.807, 2.05) is 0 Å². The summed E-state index contributed by atoms with van der Waals surface area (Å²) in [4.78, 5) is 10.5. The molecular weight excluding hydrogens is 301 g/mol. The Morgan fingerprint density at radius 2 is 2.00 bits per heavy atom. The highest BCUT2D eigenvalue weighted by Gasteiger charge is 2.15. The maximum Gasteiger partial charge on any atom is 0.276 e. The van der Waals surface area contributed by atoms with E-state index in [9.17, 15) is 10.1 Å². The van der Waals surface area contributed by atoms with Gasteiger partial charge in [0.2, 0.25) is 0 Å². The van der Waals surface area contributed by atoms with Gasteiger partial charge in [-0.15, -0.1) is 11.6 Å². The number of alkyl halides is 1. The molecule has 4 nitrogen and oxygen atoms in total. The van der Waals surface area contributed by atoms with Gasteiger partial charge in [0.1, 0.15) is 11.5 Å². The lowest BCUT2D eigenvalue weighted by Crippen LogP contribution is -1.96. The van der Waals surface area contributed by atoms with Crippen LogP contribution in [0.2, 0.25) is 5.02 Å². The van der Waals surface area contributed by atoms with Crippen molar-refractivity contribution >= 4 is 28.9 Å². The van der Waals surface area contributed by atoms with Crippen LogP contribution in [-0.2, 0) is 5.88 Å². The van der Waals surface area contributed by atoms with Crippen LogP contribution in [-0.4, -0.2) is 4.92 Å². The lowest BCUT2D eigenvalue weighted by Gasteiger charge is -2.12. The van der Waals surface area contributed by atoms with Crippen LogP contribution >= 0.6 is 23.2 Å². The van der Waals surface area contributed by atoms with E-state index in [-0.39, 0.29) is 11.6 Å². The summed E-state index contributed by atoms with van der Waals surface area (Å²) in [5.41, 5.74) is 1.21. The van der Waals surface area contributed by atoms with Crippen LogP contribution in [0.5, 0.6) is 11.5 Å². The molecule has 0 aliphatic carbocycles. The highest BCUT2D eigenvalue weighted by atomic mass is 35.5. The molecule has 6 heteroatoms. The number of halogens is 2. The second-order valence-corrected chi connectivity index (χ2v) is 4.85. The number of nitrogens with zero attached hydrogens (tertiary/aromatic N) is 1. The molecule has 104 valence electrons. The van der Waals surface area contributed by atoms with Crippen molar-refractivity contribution in [3.05, 3.63) is 62.7 Å². The zero-order valence-electron chi connectivity index (χ0n) is 10.6. The second-order valence-electron chi connectivity index (χ2n) is 4.15. The van der Waals surface area contributed by atoms with Gasteiger partial charge < -0.3 is 4.74 Å². The molecule has 0 radical (unpaired) electrons. The first-order valence-electron chi connectivity index (χ1n) is 5.79. The summed E-state index contributed by atoms with van der Waals surface area (Å²) in [7, 11) is 0. The van der Waals surface area contributed by atoms with Crippen molar-refractivity contribution in [1.82, 2.24) is 0 Å². The second kappa shape index (κ2) is 6.11. The van der Waals surface area contributed by atoms with Crippen LogP contribution in [0.4, 0.5) is 5.69 Å². The van der Waals surface area contributed by atoms with Crippen molar-refractivity contribution in [3.8, 4) is 11.5 Å². The molecule has 0 spiro atoms. The van der Waals surface area contributed by atoms with Gasteiger partial charge in [-0.2, -0.15) is 0 Å². The minimum atomic E-state index is -0.438. The molecule has 2 aromatic carbocycles. The maximum atomic E-state index is 10.9. The molecule has 0 atom stereocenters. The average molecular weight is 312 g/mol. The molecule has 0 unspecified atom stereocenters. The monoisotopic (exact) mass is 311 g/mol. The van der Waals surface area contributed by atoms with Crippen LogP contribution < -0.4 is 4.74 Å². The van der Waals surface area contributed by atoms with Crippen LogP contribution in [0.1, 0.15) is 11.1 Å². The first-order chi connectivity index (χ1) is 9.52. The zero-order chi connectivity index (χ0) is 14.7. The number of hydrogen-bond donors (Lipinski definition) is 0. The molecule has 2 rings (SSSR count). The minimum absolute atomic E-state index is 0.0175. The topological polar surface area (TPSA) is 52.4 Å². The molecular formula is C14H11Cl2NO3. The highest BCUT2D eigenvalue weighted by molar-refractivity contribution is 6.30. The van der Waals surface area contributed by atoms with Crippen molar-refractivity contribution < 1.29 is 9.66 Å². The Morgan fingerprint density at radius 1 is 1.25 bits per heavy atom. The molecule has 0 fully saturated rings. The van der Waals surface area contributed by atoms with Gasteiger partial charge in [-0.25, -0.2) is 0 Å². The molecule has 0 bridgehead atoms. The molecule has 0 N–H and O–H groups in total. The Labute approximate surface area is 126 Å². The molecule has 20 heavy (non-hydrogen) atoms. The van der Waals surface area contributed by atoms with E-state index in [1.54, 1.807) is 37.3 Å². The van der Waals surface area contributed by atoms with Crippen molar-refractivity contribution in [2.45, 2.75) is 12.8 Å². The third-order valence-electron chi connectivity index (χ3n) is 2.84. The summed E-state index contributed by atoms with van der Waals surface area (Å²) in [5.74, 6) is 1.20. The van der Waals surface area contributed by atoms with Gasteiger partial charge in [0.25, 0.3) is 5.69 Å².